The zero-order valence-electron chi connectivity index (χ0n) is 12.1. The SMILES string of the molecule is CCc1ccc(Sc2ccc(CC(=O)O)cc2)cc1C(=O)O. The van der Waals surface area contributed by atoms with Gasteiger partial charge in [0.15, 0.2) is 0 Å². The van der Waals surface area contributed by atoms with Crippen molar-refractivity contribution in [2.75, 3.05) is 0 Å². The van der Waals surface area contributed by atoms with Crippen molar-refractivity contribution in [3.63, 3.8) is 0 Å². The molecule has 5 heteroatoms. The maximum atomic E-state index is 11.3. The Morgan fingerprint density at radius 2 is 1.64 bits per heavy atom. The van der Waals surface area contributed by atoms with Crippen LogP contribution in [0.5, 0.6) is 0 Å². The minimum absolute atomic E-state index is 0.000688. The molecule has 0 amide bonds. The molecule has 0 atom stereocenters. The van der Waals surface area contributed by atoms with E-state index in [0.29, 0.717) is 12.0 Å². The van der Waals surface area contributed by atoms with E-state index < -0.39 is 11.9 Å². The van der Waals surface area contributed by atoms with Crippen LogP contribution in [-0.2, 0) is 17.6 Å². The number of rotatable bonds is 6. The zero-order valence-corrected chi connectivity index (χ0v) is 12.9. The molecule has 2 aromatic carbocycles. The van der Waals surface area contributed by atoms with Gasteiger partial charge in [-0.05, 0) is 41.8 Å². The van der Waals surface area contributed by atoms with E-state index in [2.05, 4.69) is 0 Å². The van der Waals surface area contributed by atoms with Gasteiger partial charge in [0.2, 0.25) is 0 Å². The van der Waals surface area contributed by atoms with Crippen molar-refractivity contribution in [2.45, 2.75) is 29.6 Å². The van der Waals surface area contributed by atoms with Crippen LogP contribution in [0.15, 0.2) is 52.3 Å². The largest absolute Gasteiger partial charge is 0.481 e. The minimum atomic E-state index is -0.920. The molecule has 0 aliphatic heterocycles. The van der Waals surface area contributed by atoms with Crippen LogP contribution in [0.2, 0.25) is 0 Å². The van der Waals surface area contributed by atoms with Crippen LogP contribution in [-0.4, -0.2) is 22.2 Å². The summed E-state index contributed by atoms with van der Waals surface area (Å²) in [5.74, 6) is -1.78. The molecule has 114 valence electrons. The molecule has 0 aliphatic rings. The molecule has 0 bridgehead atoms. The van der Waals surface area contributed by atoms with Crippen LogP contribution in [0.1, 0.15) is 28.4 Å². The van der Waals surface area contributed by atoms with Gasteiger partial charge in [0.05, 0.1) is 12.0 Å². The first-order chi connectivity index (χ1) is 10.5. The number of aromatic carboxylic acids is 1. The number of carboxylic acid groups (broad SMARTS) is 2. The van der Waals surface area contributed by atoms with Gasteiger partial charge in [0.1, 0.15) is 0 Å². The van der Waals surface area contributed by atoms with E-state index in [9.17, 15) is 14.7 Å². The number of hydrogen-bond acceptors (Lipinski definition) is 3. The van der Waals surface area contributed by atoms with Gasteiger partial charge >= 0.3 is 11.9 Å². The first-order valence-corrected chi connectivity index (χ1v) is 7.66. The number of benzene rings is 2. The Bertz CT molecular complexity index is 692. The van der Waals surface area contributed by atoms with Gasteiger partial charge < -0.3 is 10.2 Å². The second-order valence-corrected chi connectivity index (χ2v) is 5.94. The topological polar surface area (TPSA) is 74.6 Å². The van der Waals surface area contributed by atoms with Crippen LogP contribution in [0.4, 0.5) is 0 Å². The van der Waals surface area contributed by atoms with Crippen LogP contribution in [0.3, 0.4) is 0 Å². The second kappa shape index (κ2) is 7.13. The molecule has 0 aliphatic carbocycles. The van der Waals surface area contributed by atoms with Crippen LogP contribution >= 0.6 is 11.8 Å². The zero-order chi connectivity index (χ0) is 16.1. The van der Waals surface area contributed by atoms with Gasteiger partial charge in [-0.25, -0.2) is 4.79 Å². The monoisotopic (exact) mass is 316 g/mol. The highest BCUT2D eigenvalue weighted by Gasteiger charge is 2.10. The molecule has 0 saturated heterocycles. The summed E-state index contributed by atoms with van der Waals surface area (Å²) in [6.07, 6.45) is 0.676. The van der Waals surface area contributed by atoms with E-state index in [-0.39, 0.29) is 6.42 Å². The van der Waals surface area contributed by atoms with Crippen molar-refractivity contribution in [3.8, 4) is 0 Å². The van der Waals surface area contributed by atoms with Crippen molar-refractivity contribution in [2.24, 2.45) is 0 Å². The summed E-state index contributed by atoms with van der Waals surface area (Å²) in [5.41, 5.74) is 1.88. The van der Waals surface area contributed by atoms with Gasteiger partial charge in [-0.1, -0.05) is 36.9 Å². The maximum absolute atomic E-state index is 11.3. The number of aryl methyl sites for hydroxylation is 1. The highest BCUT2D eigenvalue weighted by atomic mass is 32.2. The summed E-state index contributed by atoms with van der Waals surface area (Å²) in [6, 6.07) is 12.7. The summed E-state index contributed by atoms with van der Waals surface area (Å²) in [7, 11) is 0. The average Bonchev–Trinajstić information content (AvgIpc) is 2.48. The van der Waals surface area contributed by atoms with Gasteiger partial charge in [0, 0.05) is 9.79 Å². The fraction of sp³-hybridized carbons (Fsp3) is 0.176. The van der Waals surface area contributed by atoms with Crippen molar-refractivity contribution in [3.05, 3.63) is 59.2 Å². The lowest BCUT2D eigenvalue weighted by atomic mass is 10.1. The van der Waals surface area contributed by atoms with Gasteiger partial charge in [-0.15, -0.1) is 0 Å². The van der Waals surface area contributed by atoms with E-state index in [0.717, 1.165) is 20.9 Å². The number of aliphatic carboxylic acids is 1. The number of hydrogen-bond donors (Lipinski definition) is 2. The summed E-state index contributed by atoms with van der Waals surface area (Å²) in [5, 5.41) is 18.0. The molecule has 4 nitrogen and oxygen atoms in total. The number of carboxylic acids is 2. The summed E-state index contributed by atoms with van der Waals surface area (Å²) in [4.78, 5) is 23.7. The first-order valence-electron chi connectivity index (χ1n) is 6.84. The fourth-order valence-electron chi connectivity index (χ4n) is 2.11. The minimum Gasteiger partial charge on any atom is -0.481 e. The Hall–Kier alpha value is -2.27. The molecule has 2 rings (SSSR count). The summed E-state index contributed by atoms with van der Waals surface area (Å²) >= 11 is 1.46. The highest BCUT2D eigenvalue weighted by molar-refractivity contribution is 7.99. The summed E-state index contributed by atoms with van der Waals surface area (Å²) in [6.45, 7) is 1.93. The van der Waals surface area contributed by atoms with Crippen LogP contribution in [0.25, 0.3) is 0 Å². The third-order valence-corrected chi connectivity index (χ3v) is 4.20. The Labute approximate surface area is 132 Å². The predicted molar refractivity (Wildman–Crippen MR) is 84.7 cm³/mol. The Kier molecular flexibility index (Phi) is 5.22. The van der Waals surface area contributed by atoms with Crippen LogP contribution < -0.4 is 0 Å². The van der Waals surface area contributed by atoms with E-state index in [4.69, 9.17) is 5.11 Å². The fourth-order valence-corrected chi connectivity index (χ4v) is 2.97. The van der Waals surface area contributed by atoms with Crippen molar-refractivity contribution in [1.82, 2.24) is 0 Å². The Balaban J connectivity index is 2.18. The third-order valence-electron chi connectivity index (χ3n) is 3.21. The Morgan fingerprint density at radius 1 is 1.00 bits per heavy atom. The molecule has 0 unspecified atom stereocenters. The average molecular weight is 316 g/mol. The standard InChI is InChI=1S/C17H16O4S/c1-2-12-5-8-14(10-15(12)17(20)21)22-13-6-3-11(4-7-13)9-16(18)19/h3-8,10H,2,9H2,1H3,(H,18,19)(H,20,21). The van der Waals surface area contributed by atoms with E-state index in [1.54, 1.807) is 18.2 Å². The summed E-state index contributed by atoms with van der Waals surface area (Å²) < 4.78 is 0. The molecule has 0 spiro atoms. The lowest BCUT2D eigenvalue weighted by molar-refractivity contribution is -0.136. The molecule has 0 aromatic heterocycles. The first kappa shape index (κ1) is 16.1. The van der Waals surface area contributed by atoms with Crippen molar-refractivity contribution < 1.29 is 19.8 Å². The lowest BCUT2D eigenvalue weighted by Crippen LogP contribution is -2.01. The molecular weight excluding hydrogens is 300 g/mol. The van der Waals surface area contributed by atoms with Crippen molar-refractivity contribution >= 4 is 23.7 Å². The molecule has 0 fully saturated rings. The molecule has 22 heavy (non-hydrogen) atoms. The lowest BCUT2D eigenvalue weighted by Gasteiger charge is -2.07. The van der Waals surface area contributed by atoms with Gasteiger partial charge in [-0.2, -0.15) is 0 Å². The molecule has 2 N–H and O–H groups in total. The number of carbonyl (C=O) groups is 2. The predicted octanol–water partition coefficient (Wildman–Crippen LogP) is 3.73. The molecule has 2 aromatic rings. The molecule has 0 radical (unpaired) electrons. The van der Waals surface area contributed by atoms with E-state index in [1.165, 1.54) is 11.8 Å². The van der Waals surface area contributed by atoms with Crippen molar-refractivity contribution in [1.29, 1.82) is 0 Å². The Morgan fingerprint density at radius 3 is 2.18 bits per heavy atom. The highest BCUT2D eigenvalue weighted by Crippen LogP contribution is 2.29. The molecule has 0 saturated carbocycles. The second-order valence-electron chi connectivity index (χ2n) is 4.79. The molecule has 0 heterocycles. The van der Waals surface area contributed by atoms with E-state index in [1.807, 2.05) is 31.2 Å². The maximum Gasteiger partial charge on any atom is 0.336 e. The smallest absolute Gasteiger partial charge is 0.336 e. The van der Waals surface area contributed by atoms with Gasteiger partial charge in [-0.3, -0.25) is 4.79 Å². The molecular formula is C17H16O4S. The normalized spacial score (nSPS) is 10.4. The van der Waals surface area contributed by atoms with Gasteiger partial charge in [0.25, 0.3) is 0 Å². The van der Waals surface area contributed by atoms with E-state index >= 15 is 0 Å². The van der Waals surface area contributed by atoms with Crippen LogP contribution in [0, 0.1) is 0 Å². The quantitative estimate of drug-likeness (QED) is 0.849. The third kappa shape index (κ3) is 4.11.